The molecule has 1 aliphatic carbocycles. The number of fused-ring (bicyclic) bond motifs is 1. The van der Waals surface area contributed by atoms with Crippen LogP contribution >= 0.6 is 0 Å². The highest BCUT2D eigenvalue weighted by atomic mass is 19.3. The summed E-state index contributed by atoms with van der Waals surface area (Å²) in [6, 6.07) is 16.5. The van der Waals surface area contributed by atoms with Crippen LogP contribution in [0.4, 0.5) is 17.6 Å². The van der Waals surface area contributed by atoms with Crippen molar-refractivity contribution < 1.29 is 27.0 Å². The molecule has 3 aliphatic rings. The summed E-state index contributed by atoms with van der Waals surface area (Å²) in [6.07, 6.45) is 5.24. The minimum absolute atomic E-state index is 0.102. The van der Waals surface area contributed by atoms with E-state index in [0.717, 1.165) is 63.2 Å². The zero-order valence-corrected chi connectivity index (χ0v) is 24.0. The second-order valence-corrected chi connectivity index (χ2v) is 12.4. The van der Waals surface area contributed by atoms with Gasteiger partial charge in [-0.1, -0.05) is 36.4 Å². The maximum absolute atomic E-state index is 15.8. The average Bonchev–Trinajstić information content (AvgIpc) is 3.15. The van der Waals surface area contributed by atoms with Crippen LogP contribution in [0.5, 0.6) is 11.5 Å². The van der Waals surface area contributed by atoms with Gasteiger partial charge in [-0.15, -0.1) is 0 Å². The number of hydrogen-bond acceptors (Lipinski definition) is 4. The molecule has 6 rings (SSSR count). The van der Waals surface area contributed by atoms with E-state index in [1.165, 1.54) is 17.0 Å². The van der Waals surface area contributed by atoms with Crippen LogP contribution in [0.25, 0.3) is 0 Å². The lowest BCUT2D eigenvalue weighted by molar-refractivity contribution is -0.0245. The Kier molecular flexibility index (Phi) is 8.20. The minimum Gasteiger partial charge on any atom is -0.490 e. The van der Waals surface area contributed by atoms with E-state index in [-0.39, 0.29) is 24.0 Å². The zero-order chi connectivity index (χ0) is 29.3. The molecule has 2 aliphatic heterocycles. The van der Waals surface area contributed by atoms with Gasteiger partial charge in [0.05, 0.1) is 18.7 Å². The van der Waals surface area contributed by atoms with E-state index in [0.29, 0.717) is 29.8 Å². The number of nitrogens with one attached hydrogen (secondary N) is 1. The summed E-state index contributed by atoms with van der Waals surface area (Å²) in [5, 5.41) is 3.36. The summed E-state index contributed by atoms with van der Waals surface area (Å²) >= 11 is 0. The molecule has 2 heterocycles. The number of alkyl halides is 2. The SMILES string of the molecule is CC(F)(F)CN1CCc2cc(OCc3ccccc3)ccc2C1c1c(F)cc(OC2CCCC3(CC2)CNC3)cc1F. The fourth-order valence-electron chi connectivity index (χ4n) is 6.82. The van der Waals surface area contributed by atoms with Gasteiger partial charge in [0, 0.05) is 44.3 Å². The first kappa shape index (κ1) is 29.0. The molecule has 8 heteroatoms. The van der Waals surface area contributed by atoms with Crippen LogP contribution in [0.2, 0.25) is 0 Å². The first-order valence-electron chi connectivity index (χ1n) is 15.0. The van der Waals surface area contributed by atoms with E-state index < -0.39 is 30.1 Å². The molecule has 42 heavy (non-hydrogen) atoms. The Morgan fingerprint density at radius 1 is 0.952 bits per heavy atom. The topological polar surface area (TPSA) is 33.7 Å². The molecule has 0 bridgehead atoms. The Labute approximate surface area is 245 Å². The van der Waals surface area contributed by atoms with Crippen LogP contribution in [0.3, 0.4) is 0 Å². The van der Waals surface area contributed by atoms with Crippen molar-refractivity contribution in [2.24, 2.45) is 5.41 Å². The molecule has 0 amide bonds. The van der Waals surface area contributed by atoms with Crippen molar-refractivity contribution in [3.8, 4) is 11.5 Å². The highest BCUT2D eigenvalue weighted by Crippen LogP contribution is 2.42. The maximum Gasteiger partial charge on any atom is 0.257 e. The largest absolute Gasteiger partial charge is 0.490 e. The van der Waals surface area contributed by atoms with Gasteiger partial charge < -0.3 is 14.8 Å². The van der Waals surface area contributed by atoms with Crippen molar-refractivity contribution in [1.82, 2.24) is 10.2 Å². The Morgan fingerprint density at radius 3 is 2.40 bits per heavy atom. The molecule has 2 unspecified atom stereocenters. The predicted molar refractivity (Wildman–Crippen MR) is 154 cm³/mol. The molecule has 0 aromatic heterocycles. The van der Waals surface area contributed by atoms with Gasteiger partial charge in [0.15, 0.2) is 0 Å². The molecule has 4 nitrogen and oxygen atoms in total. The summed E-state index contributed by atoms with van der Waals surface area (Å²) < 4.78 is 72.3. The van der Waals surface area contributed by atoms with E-state index >= 15 is 8.78 Å². The third kappa shape index (κ3) is 6.45. The standard InChI is InChI=1S/C34H38F4N2O2/c1-33(37,38)22-40-15-12-24-16-26(41-19-23-6-3-2-4-7-23)9-10-28(24)32(40)31-29(35)17-27(18-30(31)36)42-25-8-5-13-34(14-11-25)20-39-21-34/h2-4,6-7,9-10,16-18,25,32,39H,5,8,11-15,19-22H2,1H3. The number of hydrogen-bond donors (Lipinski definition) is 1. The van der Waals surface area contributed by atoms with Crippen molar-refractivity contribution in [3.05, 3.63) is 94.6 Å². The van der Waals surface area contributed by atoms with Crippen molar-refractivity contribution in [3.63, 3.8) is 0 Å². The lowest BCUT2D eigenvalue weighted by atomic mass is 9.75. The van der Waals surface area contributed by atoms with Gasteiger partial charge >= 0.3 is 0 Å². The first-order valence-corrected chi connectivity index (χ1v) is 15.0. The van der Waals surface area contributed by atoms with Crippen LogP contribution in [0.15, 0.2) is 60.7 Å². The fraction of sp³-hybridized carbons (Fsp3) is 0.471. The van der Waals surface area contributed by atoms with E-state index in [9.17, 15) is 8.78 Å². The smallest absolute Gasteiger partial charge is 0.257 e. The molecule has 1 saturated heterocycles. The summed E-state index contributed by atoms with van der Waals surface area (Å²) in [4.78, 5) is 1.48. The lowest BCUT2D eigenvalue weighted by Crippen LogP contribution is -2.53. The molecule has 2 fully saturated rings. The van der Waals surface area contributed by atoms with Crippen LogP contribution in [0, 0.1) is 17.0 Å². The molecular weight excluding hydrogens is 544 g/mol. The monoisotopic (exact) mass is 582 g/mol. The lowest BCUT2D eigenvalue weighted by Gasteiger charge is -2.42. The molecule has 3 aromatic rings. The highest BCUT2D eigenvalue weighted by molar-refractivity contribution is 5.46. The van der Waals surface area contributed by atoms with Gasteiger partial charge in [-0.25, -0.2) is 17.6 Å². The van der Waals surface area contributed by atoms with Gasteiger partial charge in [0.1, 0.15) is 29.7 Å². The number of rotatable bonds is 8. The summed E-state index contributed by atoms with van der Waals surface area (Å²) in [5.74, 6) is -3.83. The molecule has 1 N–H and O–H groups in total. The van der Waals surface area contributed by atoms with Gasteiger partial charge in [0.2, 0.25) is 0 Å². The maximum atomic E-state index is 15.8. The van der Waals surface area contributed by atoms with Crippen LogP contribution in [-0.2, 0) is 13.0 Å². The summed E-state index contributed by atoms with van der Waals surface area (Å²) in [6.45, 7) is 2.88. The van der Waals surface area contributed by atoms with Crippen LogP contribution in [0.1, 0.15) is 67.3 Å². The number of ether oxygens (including phenoxy) is 2. The molecule has 1 spiro atoms. The first-order chi connectivity index (χ1) is 20.2. The average molecular weight is 583 g/mol. The van der Waals surface area contributed by atoms with Crippen molar-refractivity contribution in [1.29, 1.82) is 0 Å². The molecule has 1 saturated carbocycles. The quantitative estimate of drug-likeness (QED) is 0.280. The Balaban J connectivity index is 1.25. The van der Waals surface area contributed by atoms with E-state index in [4.69, 9.17) is 9.47 Å². The van der Waals surface area contributed by atoms with Gasteiger partial charge in [-0.3, -0.25) is 4.90 Å². The van der Waals surface area contributed by atoms with Crippen molar-refractivity contribution in [2.75, 3.05) is 26.2 Å². The van der Waals surface area contributed by atoms with E-state index in [1.807, 2.05) is 36.4 Å². The molecular formula is C34H38F4N2O2. The molecule has 0 radical (unpaired) electrons. The van der Waals surface area contributed by atoms with E-state index in [2.05, 4.69) is 5.32 Å². The van der Waals surface area contributed by atoms with Gasteiger partial charge in [0.25, 0.3) is 5.92 Å². The van der Waals surface area contributed by atoms with Gasteiger partial charge in [-0.05, 0) is 72.8 Å². The van der Waals surface area contributed by atoms with Crippen LogP contribution < -0.4 is 14.8 Å². The fourth-order valence-corrected chi connectivity index (χ4v) is 6.82. The van der Waals surface area contributed by atoms with Crippen LogP contribution in [-0.4, -0.2) is 43.1 Å². The predicted octanol–water partition coefficient (Wildman–Crippen LogP) is 7.45. The number of benzene rings is 3. The third-order valence-corrected chi connectivity index (χ3v) is 9.03. The minimum atomic E-state index is -3.03. The zero-order valence-electron chi connectivity index (χ0n) is 24.0. The summed E-state index contributed by atoms with van der Waals surface area (Å²) in [5.41, 5.74) is 2.56. The van der Waals surface area contributed by atoms with E-state index in [1.54, 1.807) is 12.1 Å². The number of halogens is 4. The highest BCUT2D eigenvalue weighted by Gasteiger charge is 2.40. The summed E-state index contributed by atoms with van der Waals surface area (Å²) in [7, 11) is 0. The second kappa shape index (κ2) is 11.9. The second-order valence-electron chi connectivity index (χ2n) is 12.4. The van der Waals surface area contributed by atoms with Crippen molar-refractivity contribution in [2.45, 2.75) is 70.1 Å². The van der Waals surface area contributed by atoms with Gasteiger partial charge in [-0.2, -0.15) is 0 Å². The molecule has 3 aromatic carbocycles. The molecule has 2 atom stereocenters. The third-order valence-electron chi connectivity index (χ3n) is 9.03. The Bertz CT molecular complexity index is 1370. The van der Waals surface area contributed by atoms with Crippen molar-refractivity contribution >= 4 is 0 Å². The Hall–Kier alpha value is -3.10. The normalized spacial score (nSPS) is 22.2. The number of nitrogens with zero attached hydrogens (tertiary/aromatic N) is 1. The Morgan fingerprint density at radius 2 is 1.71 bits per heavy atom. The molecule has 224 valence electrons.